The number of halogens is 1. The summed E-state index contributed by atoms with van der Waals surface area (Å²) in [5.41, 5.74) is 8.62. The number of hydrogen-bond donors (Lipinski definition) is 1. The van der Waals surface area contributed by atoms with Gasteiger partial charge in [0, 0.05) is 13.1 Å². The zero-order valence-corrected chi connectivity index (χ0v) is 12.1. The van der Waals surface area contributed by atoms with Crippen molar-refractivity contribution in [1.82, 2.24) is 4.90 Å². The van der Waals surface area contributed by atoms with Crippen LogP contribution in [0.5, 0.6) is 0 Å². The molecular weight excluding hydrogens is 244 g/mol. The Hall–Kier alpha value is -0.570. The molecule has 2 N–H and O–H groups in total. The molecule has 1 saturated heterocycles. The second-order valence-electron chi connectivity index (χ2n) is 5.15. The van der Waals surface area contributed by atoms with Crippen LogP contribution >= 0.6 is 12.4 Å². The Morgan fingerprint density at radius 2 is 1.89 bits per heavy atom. The van der Waals surface area contributed by atoms with Gasteiger partial charge >= 0.3 is 0 Å². The number of likely N-dealkylation sites (tertiary alicyclic amines) is 1. The molecule has 1 fully saturated rings. The van der Waals surface area contributed by atoms with Crippen LogP contribution in [-0.4, -0.2) is 24.5 Å². The molecule has 0 aliphatic carbocycles. The topological polar surface area (TPSA) is 29.3 Å². The van der Waals surface area contributed by atoms with Crippen molar-refractivity contribution in [3.63, 3.8) is 0 Å². The minimum absolute atomic E-state index is 0. The van der Waals surface area contributed by atoms with Crippen LogP contribution in [0.3, 0.4) is 0 Å². The third-order valence-electron chi connectivity index (χ3n) is 3.77. The van der Waals surface area contributed by atoms with Crippen molar-refractivity contribution in [3.8, 4) is 0 Å². The van der Waals surface area contributed by atoms with Crippen LogP contribution in [0.4, 0.5) is 0 Å². The van der Waals surface area contributed by atoms with E-state index in [4.69, 9.17) is 5.73 Å². The van der Waals surface area contributed by atoms with Crippen LogP contribution in [0.15, 0.2) is 24.3 Å². The Morgan fingerprint density at radius 1 is 1.22 bits per heavy atom. The molecule has 1 heterocycles. The molecule has 1 aromatic carbocycles. The SMILES string of the molecule is CCc1ccc(CN2CCCC(CN)C2)cc1.Cl. The Balaban J connectivity index is 0.00000162. The maximum Gasteiger partial charge on any atom is 0.0233 e. The van der Waals surface area contributed by atoms with Crippen LogP contribution in [0.25, 0.3) is 0 Å². The van der Waals surface area contributed by atoms with Gasteiger partial charge in [0.1, 0.15) is 0 Å². The van der Waals surface area contributed by atoms with Crippen LogP contribution in [0.1, 0.15) is 30.9 Å². The first-order chi connectivity index (χ1) is 8.31. The van der Waals surface area contributed by atoms with E-state index in [0.717, 1.165) is 19.5 Å². The highest BCUT2D eigenvalue weighted by molar-refractivity contribution is 5.85. The predicted octanol–water partition coefficient (Wildman–Crippen LogP) is 2.84. The summed E-state index contributed by atoms with van der Waals surface area (Å²) in [6, 6.07) is 9.04. The molecule has 102 valence electrons. The Labute approximate surface area is 117 Å². The Kier molecular flexibility index (Phi) is 6.69. The van der Waals surface area contributed by atoms with Crippen LogP contribution in [0, 0.1) is 5.92 Å². The van der Waals surface area contributed by atoms with E-state index in [0.29, 0.717) is 5.92 Å². The second kappa shape index (κ2) is 7.78. The van der Waals surface area contributed by atoms with Gasteiger partial charge in [-0.2, -0.15) is 0 Å². The number of hydrogen-bond acceptors (Lipinski definition) is 2. The molecule has 0 saturated carbocycles. The zero-order valence-electron chi connectivity index (χ0n) is 11.3. The van der Waals surface area contributed by atoms with Gasteiger partial charge in [0.05, 0.1) is 0 Å². The van der Waals surface area contributed by atoms with E-state index in [1.54, 1.807) is 0 Å². The molecule has 0 aromatic heterocycles. The van der Waals surface area contributed by atoms with Gasteiger partial charge in [0.25, 0.3) is 0 Å². The van der Waals surface area contributed by atoms with Gasteiger partial charge in [-0.25, -0.2) is 0 Å². The number of piperidine rings is 1. The molecule has 1 unspecified atom stereocenters. The number of rotatable bonds is 4. The molecule has 0 radical (unpaired) electrons. The lowest BCUT2D eigenvalue weighted by molar-refractivity contribution is 0.171. The van der Waals surface area contributed by atoms with Crippen LogP contribution < -0.4 is 5.73 Å². The van der Waals surface area contributed by atoms with Gasteiger partial charge in [-0.3, -0.25) is 4.90 Å². The summed E-state index contributed by atoms with van der Waals surface area (Å²) >= 11 is 0. The quantitative estimate of drug-likeness (QED) is 0.910. The molecule has 2 rings (SSSR count). The lowest BCUT2D eigenvalue weighted by Gasteiger charge is -2.32. The highest BCUT2D eigenvalue weighted by atomic mass is 35.5. The summed E-state index contributed by atoms with van der Waals surface area (Å²) in [6.07, 6.45) is 3.73. The van der Waals surface area contributed by atoms with Crippen LogP contribution in [-0.2, 0) is 13.0 Å². The van der Waals surface area contributed by atoms with Gasteiger partial charge in [0.2, 0.25) is 0 Å². The van der Waals surface area contributed by atoms with Crippen molar-refractivity contribution in [2.75, 3.05) is 19.6 Å². The monoisotopic (exact) mass is 268 g/mol. The lowest BCUT2D eigenvalue weighted by Crippen LogP contribution is -2.37. The van der Waals surface area contributed by atoms with E-state index in [2.05, 4.69) is 36.1 Å². The van der Waals surface area contributed by atoms with E-state index in [1.165, 1.54) is 37.1 Å². The number of benzene rings is 1. The first-order valence-electron chi connectivity index (χ1n) is 6.82. The summed E-state index contributed by atoms with van der Waals surface area (Å²) in [5, 5.41) is 0. The van der Waals surface area contributed by atoms with Crippen molar-refractivity contribution in [2.24, 2.45) is 11.7 Å². The van der Waals surface area contributed by atoms with Gasteiger partial charge in [-0.15, -0.1) is 12.4 Å². The van der Waals surface area contributed by atoms with Crippen molar-refractivity contribution in [3.05, 3.63) is 35.4 Å². The third-order valence-corrected chi connectivity index (χ3v) is 3.77. The van der Waals surface area contributed by atoms with E-state index in [-0.39, 0.29) is 12.4 Å². The molecule has 0 amide bonds. The average molecular weight is 269 g/mol. The molecule has 1 atom stereocenters. The molecule has 1 aliphatic heterocycles. The predicted molar refractivity (Wildman–Crippen MR) is 80.1 cm³/mol. The summed E-state index contributed by atoms with van der Waals surface area (Å²) in [6.45, 7) is 6.52. The molecule has 1 aliphatic rings. The summed E-state index contributed by atoms with van der Waals surface area (Å²) < 4.78 is 0. The van der Waals surface area contributed by atoms with Crippen molar-refractivity contribution in [2.45, 2.75) is 32.7 Å². The number of aryl methyl sites for hydroxylation is 1. The fraction of sp³-hybridized carbons (Fsp3) is 0.600. The van der Waals surface area contributed by atoms with Crippen LogP contribution in [0.2, 0.25) is 0 Å². The smallest absolute Gasteiger partial charge is 0.0233 e. The molecule has 0 spiro atoms. The summed E-state index contributed by atoms with van der Waals surface area (Å²) in [4.78, 5) is 2.54. The largest absolute Gasteiger partial charge is 0.330 e. The number of nitrogens with zero attached hydrogens (tertiary/aromatic N) is 1. The number of nitrogens with two attached hydrogens (primary N) is 1. The van der Waals surface area contributed by atoms with E-state index in [1.807, 2.05) is 0 Å². The van der Waals surface area contributed by atoms with E-state index in [9.17, 15) is 0 Å². The van der Waals surface area contributed by atoms with Gasteiger partial charge < -0.3 is 5.73 Å². The maximum absolute atomic E-state index is 5.77. The fourth-order valence-electron chi connectivity index (χ4n) is 2.63. The standard InChI is InChI=1S/C15H24N2.ClH/c1-2-13-5-7-14(8-6-13)11-17-9-3-4-15(10-16)12-17;/h5-8,15H,2-4,9-12,16H2,1H3;1H. The molecule has 0 bridgehead atoms. The van der Waals surface area contributed by atoms with Gasteiger partial charge in [-0.05, 0) is 49.4 Å². The molecule has 18 heavy (non-hydrogen) atoms. The minimum Gasteiger partial charge on any atom is -0.330 e. The first-order valence-corrected chi connectivity index (χ1v) is 6.82. The van der Waals surface area contributed by atoms with Crippen molar-refractivity contribution >= 4 is 12.4 Å². The average Bonchev–Trinajstić information content (AvgIpc) is 2.40. The van der Waals surface area contributed by atoms with Crippen molar-refractivity contribution in [1.29, 1.82) is 0 Å². The highest BCUT2D eigenvalue weighted by Gasteiger charge is 2.18. The Morgan fingerprint density at radius 3 is 2.50 bits per heavy atom. The molecular formula is C15H25ClN2. The lowest BCUT2D eigenvalue weighted by atomic mass is 9.98. The minimum atomic E-state index is 0. The second-order valence-corrected chi connectivity index (χ2v) is 5.15. The van der Waals surface area contributed by atoms with E-state index < -0.39 is 0 Å². The Bertz CT molecular complexity index is 337. The normalized spacial score (nSPS) is 20.4. The fourth-order valence-corrected chi connectivity index (χ4v) is 2.63. The first kappa shape index (κ1) is 15.5. The van der Waals surface area contributed by atoms with E-state index >= 15 is 0 Å². The third kappa shape index (κ3) is 4.27. The van der Waals surface area contributed by atoms with Gasteiger partial charge in [0.15, 0.2) is 0 Å². The molecule has 2 nitrogen and oxygen atoms in total. The maximum atomic E-state index is 5.77. The summed E-state index contributed by atoms with van der Waals surface area (Å²) in [7, 11) is 0. The highest BCUT2D eigenvalue weighted by Crippen LogP contribution is 2.17. The summed E-state index contributed by atoms with van der Waals surface area (Å²) in [5.74, 6) is 0.707. The van der Waals surface area contributed by atoms with Crippen molar-refractivity contribution < 1.29 is 0 Å². The molecule has 3 heteroatoms. The van der Waals surface area contributed by atoms with Gasteiger partial charge in [-0.1, -0.05) is 31.2 Å². The molecule has 1 aromatic rings. The zero-order chi connectivity index (χ0) is 12.1.